The lowest BCUT2D eigenvalue weighted by molar-refractivity contribution is -0.143. The van der Waals surface area contributed by atoms with Crippen LogP contribution in [0.5, 0.6) is 5.75 Å². The minimum atomic E-state index is -1.16. The van der Waals surface area contributed by atoms with E-state index in [-0.39, 0.29) is 37.1 Å². The third-order valence-electron chi connectivity index (χ3n) is 9.96. The summed E-state index contributed by atoms with van der Waals surface area (Å²) in [6, 6.07) is 4.40. The summed E-state index contributed by atoms with van der Waals surface area (Å²) in [5.41, 5.74) is -0.138. The summed E-state index contributed by atoms with van der Waals surface area (Å²) in [6.45, 7) is 13.7. The summed E-state index contributed by atoms with van der Waals surface area (Å²) in [5.74, 6) is 0.803. The van der Waals surface area contributed by atoms with Crippen LogP contribution in [0, 0.1) is 29.6 Å². The highest BCUT2D eigenvalue weighted by molar-refractivity contribution is 6.38. The fourth-order valence-corrected chi connectivity index (χ4v) is 6.99. The first kappa shape index (κ1) is 40.1. The quantitative estimate of drug-likeness (QED) is 0.123. The van der Waals surface area contributed by atoms with Gasteiger partial charge in [-0.2, -0.15) is 0 Å². The van der Waals surface area contributed by atoms with Gasteiger partial charge in [0.15, 0.2) is 0 Å². The zero-order valence-corrected chi connectivity index (χ0v) is 30.7. The Morgan fingerprint density at radius 3 is 2.42 bits per heavy atom. The van der Waals surface area contributed by atoms with Gasteiger partial charge in [0.05, 0.1) is 13.2 Å². The van der Waals surface area contributed by atoms with Crippen LogP contribution in [0.4, 0.5) is 4.79 Å². The largest absolute Gasteiger partial charge is 0.497 e. The van der Waals surface area contributed by atoms with Gasteiger partial charge < -0.3 is 30.9 Å². The van der Waals surface area contributed by atoms with Crippen LogP contribution in [0.15, 0.2) is 36.9 Å². The smallest absolute Gasteiger partial charge is 0.315 e. The van der Waals surface area contributed by atoms with E-state index < -0.39 is 52.7 Å². The summed E-state index contributed by atoms with van der Waals surface area (Å²) in [6.07, 6.45) is 12.8. The number of nitrogens with zero attached hydrogens (tertiary/aromatic N) is 1. The molecular formula is C39H57N5O6. The van der Waals surface area contributed by atoms with Crippen molar-refractivity contribution in [2.75, 3.05) is 20.2 Å². The van der Waals surface area contributed by atoms with Crippen molar-refractivity contribution in [3.05, 3.63) is 42.5 Å². The van der Waals surface area contributed by atoms with Crippen molar-refractivity contribution >= 4 is 29.5 Å². The summed E-state index contributed by atoms with van der Waals surface area (Å²) >= 11 is 0. The van der Waals surface area contributed by atoms with Crippen LogP contribution in [-0.2, 0) is 25.6 Å². The summed E-state index contributed by atoms with van der Waals surface area (Å²) in [4.78, 5) is 69.3. The molecule has 11 nitrogen and oxygen atoms in total. The summed E-state index contributed by atoms with van der Waals surface area (Å²) in [7, 11) is 1.63. The Morgan fingerprint density at radius 1 is 1.12 bits per heavy atom. The molecule has 1 saturated carbocycles. The fraction of sp³-hybridized carbons (Fsp3) is 0.615. The number of rotatable bonds is 15. The molecule has 1 aromatic carbocycles. The molecule has 1 heterocycles. The molecule has 2 fully saturated rings. The summed E-state index contributed by atoms with van der Waals surface area (Å²) in [5, 5.41) is 11.5. The SMILES string of the molecule is C#CCCC(NC(=O)[C@@H]1C[C@@H](C(C)C)CN1C(=O)[C@@H](NC(=O)NC1(Cc2cccc(OC)c2)CCCCC1)C(C)(C)C)C(=O)C(=O)NCC=C. The summed E-state index contributed by atoms with van der Waals surface area (Å²) < 4.78 is 5.43. The maximum atomic E-state index is 14.5. The average Bonchev–Trinajstić information content (AvgIpc) is 3.53. The van der Waals surface area contributed by atoms with Crippen LogP contribution < -0.4 is 26.0 Å². The molecule has 4 atom stereocenters. The zero-order valence-electron chi connectivity index (χ0n) is 30.7. The lowest BCUT2D eigenvalue weighted by atomic mass is 9.77. The molecule has 4 N–H and O–H groups in total. The first-order valence-corrected chi connectivity index (χ1v) is 17.8. The number of amides is 5. The highest BCUT2D eigenvalue weighted by Crippen LogP contribution is 2.34. The molecule has 1 aliphatic heterocycles. The minimum Gasteiger partial charge on any atom is -0.497 e. The minimum absolute atomic E-state index is 0.00765. The van der Waals surface area contributed by atoms with E-state index in [1.165, 1.54) is 11.0 Å². The third-order valence-corrected chi connectivity index (χ3v) is 9.96. The second-order valence-electron chi connectivity index (χ2n) is 15.2. The maximum Gasteiger partial charge on any atom is 0.315 e. The van der Waals surface area contributed by atoms with Gasteiger partial charge in [0.2, 0.25) is 17.6 Å². The Balaban J connectivity index is 1.84. The van der Waals surface area contributed by atoms with E-state index in [4.69, 9.17) is 11.2 Å². The van der Waals surface area contributed by atoms with Gasteiger partial charge in [-0.1, -0.05) is 72.1 Å². The molecule has 5 amide bonds. The van der Waals surface area contributed by atoms with Crippen molar-refractivity contribution in [1.29, 1.82) is 0 Å². The molecule has 1 unspecified atom stereocenters. The molecular weight excluding hydrogens is 634 g/mol. The van der Waals surface area contributed by atoms with Crippen molar-refractivity contribution < 1.29 is 28.7 Å². The van der Waals surface area contributed by atoms with Crippen LogP contribution in [0.2, 0.25) is 0 Å². The lowest BCUT2D eigenvalue weighted by Crippen LogP contribution is -2.62. The number of ether oxygens (including phenoxy) is 1. The van der Waals surface area contributed by atoms with Gasteiger partial charge in [0.25, 0.3) is 5.91 Å². The van der Waals surface area contributed by atoms with Crippen molar-refractivity contribution in [3.8, 4) is 18.1 Å². The molecule has 0 bridgehead atoms. The molecule has 1 saturated heterocycles. The normalized spacial score (nSPS) is 19.8. The molecule has 2 aliphatic rings. The van der Waals surface area contributed by atoms with Gasteiger partial charge in [0, 0.05) is 25.0 Å². The Labute approximate surface area is 298 Å². The van der Waals surface area contributed by atoms with E-state index in [0.29, 0.717) is 19.4 Å². The third kappa shape index (κ3) is 10.8. The van der Waals surface area contributed by atoms with Crippen LogP contribution in [-0.4, -0.2) is 78.3 Å². The number of hydrogen-bond donors (Lipinski definition) is 4. The van der Waals surface area contributed by atoms with Crippen molar-refractivity contribution in [2.24, 2.45) is 17.3 Å². The molecule has 0 aromatic heterocycles. The predicted molar refractivity (Wildman–Crippen MR) is 194 cm³/mol. The van der Waals surface area contributed by atoms with Gasteiger partial charge in [-0.3, -0.25) is 19.2 Å². The lowest BCUT2D eigenvalue weighted by Gasteiger charge is -2.40. The van der Waals surface area contributed by atoms with Crippen LogP contribution >= 0.6 is 0 Å². The van der Waals surface area contributed by atoms with E-state index in [9.17, 15) is 24.0 Å². The molecule has 50 heavy (non-hydrogen) atoms. The molecule has 1 aromatic rings. The zero-order chi connectivity index (χ0) is 37.1. The van der Waals surface area contributed by atoms with Crippen molar-refractivity contribution in [1.82, 2.24) is 26.2 Å². The van der Waals surface area contributed by atoms with Gasteiger partial charge in [-0.05, 0) is 67.1 Å². The molecule has 1 aliphatic carbocycles. The number of Topliss-reactive ketones (excluding diaryl/α,β-unsaturated/α-hetero) is 1. The fourth-order valence-electron chi connectivity index (χ4n) is 6.99. The number of carbonyl (C=O) groups excluding carboxylic acids is 5. The number of benzene rings is 1. The number of likely N-dealkylation sites (tertiary alicyclic amines) is 1. The number of methoxy groups -OCH3 is 1. The highest BCUT2D eigenvalue weighted by atomic mass is 16.5. The number of hydrogen-bond acceptors (Lipinski definition) is 6. The average molecular weight is 692 g/mol. The number of terminal acetylenes is 1. The van der Waals surface area contributed by atoms with Gasteiger partial charge in [0.1, 0.15) is 17.8 Å². The van der Waals surface area contributed by atoms with Gasteiger partial charge >= 0.3 is 6.03 Å². The van der Waals surface area contributed by atoms with Gasteiger partial charge in [-0.15, -0.1) is 18.9 Å². The molecule has 11 heteroatoms. The molecule has 274 valence electrons. The van der Waals surface area contributed by atoms with E-state index in [2.05, 4.69) is 33.8 Å². The number of carbonyl (C=O) groups is 5. The number of ketones is 1. The van der Waals surface area contributed by atoms with Gasteiger partial charge in [-0.25, -0.2) is 4.79 Å². The first-order chi connectivity index (χ1) is 23.6. The molecule has 0 spiro atoms. The second-order valence-corrected chi connectivity index (χ2v) is 15.2. The van der Waals surface area contributed by atoms with E-state index in [0.717, 1.165) is 43.4 Å². The number of urea groups is 1. The van der Waals surface area contributed by atoms with Crippen LogP contribution in [0.25, 0.3) is 0 Å². The first-order valence-electron chi connectivity index (χ1n) is 17.8. The van der Waals surface area contributed by atoms with Crippen LogP contribution in [0.3, 0.4) is 0 Å². The Hall–Kier alpha value is -4.33. The standard InChI is InChI=1S/C39H57N5O6/c1-9-11-18-30(32(45)35(47)40-21-10-2)41-34(46)31-23-28(26(3)4)25-44(31)36(48)33(38(5,6)7)42-37(49)43-39(19-13-12-14-20-39)24-27-16-15-17-29(22-27)50-8/h1,10,15-17,22,26,28,30-31,33H,2,11-14,18-21,23-25H2,3-8H3,(H,40,47)(H,41,46)(H2,42,43,49)/t28-,30?,31+,33-/m1/s1. The Kier molecular flexibility index (Phi) is 14.5. The monoisotopic (exact) mass is 691 g/mol. The maximum absolute atomic E-state index is 14.5. The highest BCUT2D eigenvalue weighted by Gasteiger charge is 2.46. The van der Waals surface area contributed by atoms with E-state index in [1.807, 2.05) is 58.9 Å². The Morgan fingerprint density at radius 2 is 1.82 bits per heavy atom. The Bertz CT molecular complexity index is 1420. The van der Waals surface area contributed by atoms with Crippen LogP contribution in [0.1, 0.15) is 91.5 Å². The van der Waals surface area contributed by atoms with E-state index >= 15 is 0 Å². The van der Waals surface area contributed by atoms with E-state index in [1.54, 1.807) is 7.11 Å². The van der Waals surface area contributed by atoms with Crippen molar-refractivity contribution in [3.63, 3.8) is 0 Å². The molecule has 0 radical (unpaired) electrons. The topological polar surface area (TPSA) is 146 Å². The molecule has 3 rings (SSSR count). The predicted octanol–water partition coefficient (Wildman–Crippen LogP) is 4.30. The number of nitrogens with one attached hydrogen (secondary N) is 4. The second kappa shape index (κ2) is 18.1. The van der Waals surface area contributed by atoms with Crippen molar-refractivity contribution in [2.45, 2.75) is 116 Å².